The highest BCUT2D eigenvalue weighted by molar-refractivity contribution is 5.76. The first kappa shape index (κ1) is 20.3. The van der Waals surface area contributed by atoms with Crippen LogP contribution in [0.5, 0.6) is 0 Å². The van der Waals surface area contributed by atoms with Crippen LogP contribution in [0.2, 0.25) is 0 Å². The molecule has 1 atom stereocenters. The number of pyridine rings is 2. The van der Waals surface area contributed by atoms with Crippen LogP contribution in [0.3, 0.4) is 0 Å². The molecule has 5 aromatic rings. The molecule has 1 spiro atoms. The molecule has 2 heteroatoms. The molecule has 2 aliphatic heterocycles. The van der Waals surface area contributed by atoms with Crippen molar-refractivity contribution in [3.63, 3.8) is 0 Å². The number of hydrogen-bond donors (Lipinski definition) is 0. The molecule has 0 fully saturated rings. The predicted molar refractivity (Wildman–Crippen MR) is 140 cm³/mol. The maximum absolute atomic E-state index is 2.48. The van der Waals surface area contributed by atoms with Crippen molar-refractivity contribution >= 4 is 0 Å². The van der Waals surface area contributed by atoms with Crippen molar-refractivity contribution in [1.29, 1.82) is 0 Å². The standard InChI is InChI=1S/C33H28N2/c1-23(2)21-24-14-16-25(17-15-24)26-18-20-35-32(22-26)28-10-4-6-12-30(28)33(35)29-11-5-3-9-27(29)31-13-7-8-19-34(31)33/h3-20,22-23H,21H2,1-2H3/q+2. The van der Waals surface area contributed by atoms with Crippen molar-refractivity contribution in [3.8, 4) is 33.6 Å². The van der Waals surface area contributed by atoms with Gasteiger partial charge in [0, 0.05) is 24.3 Å². The fourth-order valence-corrected chi connectivity index (χ4v) is 6.22. The van der Waals surface area contributed by atoms with E-state index in [9.17, 15) is 0 Å². The van der Waals surface area contributed by atoms with E-state index in [0.29, 0.717) is 5.92 Å². The summed E-state index contributed by atoms with van der Waals surface area (Å²) in [5.41, 5.74) is 11.3. The van der Waals surface area contributed by atoms with E-state index in [1.807, 2.05) is 0 Å². The van der Waals surface area contributed by atoms with Crippen LogP contribution in [0.1, 0.15) is 30.5 Å². The van der Waals surface area contributed by atoms with Gasteiger partial charge in [0.1, 0.15) is 11.1 Å². The summed E-state index contributed by atoms with van der Waals surface area (Å²) < 4.78 is 4.93. The number of hydrogen-bond acceptors (Lipinski definition) is 0. The Morgan fingerprint density at radius 3 is 1.94 bits per heavy atom. The highest BCUT2D eigenvalue weighted by atomic mass is 15.3. The number of aromatic nitrogens is 2. The van der Waals surface area contributed by atoms with Crippen molar-refractivity contribution in [2.24, 2.45) is 5.92 Å². The van der Waals surface area contributed by atoms with Gasteiger partial charge in [0.05, 0.1) is 11.1 Å². The maximum Gasteiger partial charge on any atom is 0.417 e. The Morgan fingerprint density at radius 2 is 1.23 bits per heavy atom. The van der Waals surface area contributed by atoms with Crippen LogP contribution >= 0.6 is 0 Å². The Balaban J connectivity index is 1.47. The molecular formula is C33H28N2+2. The van der Waals surface area contributed by atoms with Crippen molar-refractivity contribution in [2.75, 3.05) is 0 Å². The molecule has 2 aromatic heterocycles. The molecule has 0 radical (unpaired) electrons. The lowest BCUT2D eigenvalue weighted by atomic mass is 9.90. The largest absolute Gasteiger partial charge is 0.417 e. The molecule has 168 valence electrons. The summed E-state index contributed by atoms with van der Waals surface area (Å²) in [6.45, 7) is 4.55. The molecule has 0 aliphatic carbocycles. The molecule has 2 nitrogen and oxygen atoms in total. The molecule has 7 rings (SSSR count). The van der Waals surface area contributed by atoms with Gasteiger partial charge in [0.15, 0.2) is 12.4 Å². The second-order valence-electron chi connectivity index (χ2n) is 10.2. The van der Waals surface area contributed by atoms with Crippen molar-refractivity contribution < 1.29 is 9.13 Å². The molecule has 0 N–H and O–H groups in total. The first-order valence-electron chi connectivity index (χ1n) is 12.5. The zero-order valence-corrected chi connectivity index (χ0v) is 20.1. The summed E-state index contributed by atoms with van der Waals surface area (Å²) in [5.74, 6) is 0.666. The molecule has 4 heterocycles. The number of nitrogens with zero attached hydrogens (tertiary/aromatic N) is 2. The Hall–Kier alpha value is -4.04. The highest BCUT2D eigenvalue weighted by Crippen LogP contribution is 2.47. The Labute approximate surface area is 206 Å². The van der Waals surface area contributed by atoms with E-state index in [1.165, 1.54) is 50.3 Å². The van der Waals surface area contributed by atoms with Crippen molar-refractivity contribution in [1.82, 2.24) is 0 Å². The molecule has 0 bridgehead atoms. The molecule has 0 amide bonds. The van der Waals surface area contributed by atoms with Gasteiger partial charge in [0.25, 0.3) is 0 Å². The molecular weight excluding hydrogens is 424 g/mol. The number of fused-ring (bicyclic) bond motifs is 10. The van der Waals surface area contributed by atoms with Gasteiger partial charge in [-0.3, -0.25) is 0 Å². The van der Waals surface area contributed by atoms with E-state index in [2.05, 4.69) is 139 Å². The van der Waals surface area contributed by atoms with Gasteiger partial charge in [-0.05, 0) is 59.4 Å². The third-order valence-corrected chi connectivity index (χ3v) is 7.60. The lowest BCUT2D eigenvalue weighted by Gasteiger charge is -2.17. The zero-order valence-electron chi connectivity index (χ0n) is 20.1. The summed E-state index contributed by atoms with van der Waals surface area (Å²) in [5, 5.41) is 0. The summed E-state index contributed by atoms with van der Waals surface area (Å²) in [7, 11) is 0. The topological polar surface area (TPSA) is 7.76 Å². The summed E-state index contributed by atoms with van der Waals surface area (Å²) in [4.78, 5) is 0. The molecule has 0 saturated carbocycles. The third-order valence-electron chi connectivity index (χ3n) is 7.60. The molecule has 1 unspecified atom stereocenters. The van der Waals surface area contributed by atoms with Gasteiger partial charge in [-0.15, -0.1) is 9.13 Å². The van der Waals surface area contributed by atoms with Crippen LogP contribution in [-0.4, -0.2) is 0 Å². The Morgan fingerprint density at radius 1 is 0.600 bits per heavy atom. The smallest absolute Gasteiger partial charge is 0.126 e. The minimum Gasteiger partial charge on any atom is -0.126 e. The maximum atomic E-state index is 2.48. The first-order valence-corrected chi connectivity index (χ1v) is 12.5. The molecule has 0 saturated heterocycles. The normalized spacial score (nSPS) is 16.8. The molecule has 3 aromatic carbocycles. The lowest BCUT2D eigenvalue weighted by Crippen LogP contribution is -2.71. The van der Waals surface area contributed by atoms with E-state index < -0.39 is 5.66 Å². The number of benzene rings is 3. The van der Waals surface area contributed by atoms with E-state index in [1.54, 1.807) is 0 Å². The minimum atomic E-state index is -0.418. The quantitative estimate of drug-likeness (QED) is 0.275. The Kier molecular flexibility index (Phi) is 4.35. The highest BCUT2D eigenvalue weighted by Gasteiger charge is 2.66. The third kappa shape index (κ3) is 2.77. The van der Waals surface area contributed by atoms with Crippen molar-refractivity contribution in [2.45, 2.75) is 25.9 Å². The van der Waals surface area contributed by atoms with Crippen LogP contribution < -0.4 is 9.13 Å². The molecule has 35 heavy (non-hydrogen) atoms. The molecule has 2 aliphatic rings. The second-order valence-corrected chi connectivity index (χ2v) is 10.2. The summed E-state index contributed by atoms with van der Waals surface area (Å²) in [6.07, 6.45) is 5.64. The Bertz CT molecular complexity index is 1550. The monoisotopic (exact) mass is 452 g/mol. The second kappa shape index (κ2) is 7.48. The lowest BCUT2D eigenvalue weighted by molar-refractivity contribution is -0.955. The average molecular weight is 453 g/mol. The van der Waals surface area contributed by atoms with Crippen LogP contribution in [0.15, 0.2) is 116 Å². The van der Waals surface area contributed by atoms with Gasteiger partial charge < -0.3 is 0 Å². The average Bonchev–Trinajstić information content (AvgIpc) is 3.36. The van der Waals surface area contributed by atoms with Crippen LogP contribution in [-0.2, 0) is 12.1 Å². The van der Waals surface area contributed by atoms with Crippen LogP contribution in [0.4, 0.5) is 0 Å². The summed E-state index contributed by atoms with van der Waals surface area (Å²) >= 11 is 0. The van der Waals surface area contributed by atoms with Crippen LogP contribution in [0.25, 0.3) is 33.6 Å². The van der Waals surface area contributed by atoms with E-state index in [0.717, 1.165) is 6.42 Å². The predicted octanol–water partition coefficient (Wildman–Crippen LogP) is 6.39. The first-order chi connectivity index (χ1) is 17.2. The van der Waals surface area contributed by atoms with Gasteiger partial charge in [0.2, 0.25) is 11.4 Å². The van der Waals surface area contributed by atoms with Gasteiger partial charge in [-0.1, -0.05) is 62.4 Å². The van der Waals surface area contributed by atoms with Gasteiger partial charge >= 0.3 is 5.66 Å². The SMILES string of the molecule is CC(C)Cc1ccc(-c2cc[n+]3c(c2)-c2ccccc2C32c3ccccc3-c3cccc[n+]32)cc1. The minimum absolute atomic E-state index is 0.418. The van der Waals surface area contributed by atoms with Gasteiger partial charge in [-0.2, -0.15) is 0 Å². The van der Waals surface area contributed by atoms with E-state index in [-0.39, 0.29) is 0 Å². The van der Waals surface area contributed by atoms with Crippen molar-refractivity contribution in [3.05, 3.63) is 132 Å². The fourth-order valence-electron chi connectivity index (χ4n) is 6.22. The number of rotatable bonds is 3. The summed E-state index contributed by atoms with van der Waals surface area (Å²) in [6, 6.07) is 38.0. The zero-order chi connectivity index (χ0) is 23.6. The fraction of sp³-hybridized carbons (Fsp3) is 0.152. The van der Waals surface area contributed by atoms with Crippen LogP contribution in [0, 0.1) is 5.92 Å². The van der Waals surface area contributed by atoms with E-state index in [4.69, 9.17) is 0 Å². The van der Waals surface area contributed by atoms with E-state index >= 15 is 0 Å². The van der Waals surface area contributed by atoms with Gasteiger partial charge in [-0.25, -0.2) is 0 Å².